The molecule has 106 valence electrons. The Bertz CT molecular complexity index is 543. The first kappa shape index (κ1) is 14.9. The average molecular weight is 290 g/mol. The van der Waals surface area contributed by atoms with E-state index < -0.39 is 0 Å². The van der Waals surface area contributed by atoms with Gasteiger partial charge < -0.3 is 0 Å². The Labute approximate surface area is 125 Å². The van der Waals surface area contributed by atoms with Gasteiger partial charge in [-0.3, -0.25) is 4.90 Å². The lowest BCUT2D eigenvalue weighted by Gasteiger charge is -2.28. The van der Waals surface area contributed by atoms with Crippen LogP contribution in [0.5, 0.6) is 0 Å². The zero-order valence-electron chi connectivity index (χ0n) is 12.0. The highest BCUT2D eigenvalue weighted by atomic mass is 35.5. The number of hydrogen-bond donors (Lipinski definition) is 0. The average Bonchev–Trinajstić information content (AvgIpc) is 2.50. The van der Waals surface area contributed by atoms with Crippen molar-refractivity contribution in [1.29, 1.82) is 0 Å². The molecule has 0 spiro atoms. The second kappa shape index (κ2) is 7.36. The summed E-state index contributed by atoms with van der Waals surface area (Å²) in [6.45, 7) is 6.82. The Balaban J connectivity index is 0.000000704. The molecule has 0 bridgehead atoms. The molecule has 0 unspecified atom stereocenters. The first-order chi connectivity index (χ1) is 9.83. The summed E-state index contributed by atoms with van der Waals surface area (Å²) in [5.74, 6) is 0. The van der Waals surface area contributed by atoms with Gasteiger partial charge >= 0.3 is 0 Å². The molecule has 20 heavy (non-hydrogen) atoms. The quantitative estimate of drug-likeness (QED) is 0.789. The Kier molecular flexibility index (Phi) is 5.50. The van der Waals surface area contributed by atoms with Crippen LogP contribution in [0.15, 0.2) is 36.7 Å². The maximum Gasteiger partial charge on any atom is 0.135 e. The van der Waals surface area contributed by atoms with Crippen molar-refractivity contribution in [2.24, 2.45) is 0 Å². The van der Waals surface area contributed by atoms with E-state index in [1.807, 2.05) is 19.9 Å². The minimum atomic E-state index is 0.611. The first-order valence-electron chi connectivity index (χ1n) is 7.07. The highest BCUT2D eigenvalue weighted by Crippen LogP contribution is 2.23. The van der Waals surface area contributed by atoms with Crippen LogP contribution in [-0.4, -0.2) is 21.4 Å². The lowest BCUT2D eigenvalue weighted by Crippen LogP contribution is -2.31. The fraction of sp³-hybridized carbons (Fsp3) is 0.375. The van der Waals surface area contributed by atoms with E-state index in [4.69, 9.17) is 11.6 Å². The summed E-state index contributed by atoms with van der Waals surface area (Å²) in [4.78, 5) is 10.8. The van der Waals surface area contributed by atoms with E-state index in [0.717, 1.165) is 37.3 Å². The van der Waals surface area contributed by atoms with Crippen LogP contribution in [0.4, 0.5) is 0 Å². The van der Waals surface area contributed by atoms with Crippen LogP contribution in [0.25, 0.3) is 0 Å². The van der Waals surface area contributed by atoms with Crippen LogP contribution in [0.2, 0.25) is 5.15 Å². The molecule has 3 nitrogen and oxygen atoms in total. The predicted molar refractivity (Wildman–Crippen MR) is 82.7 cm³/mol. The monoisotopic (exact) mass is 289 g/mol. The summed E-state index contributed by atoms with van der Waals surface area (Å²) in [5.41, 5.74) is 3.52. The molecule has 0 amide bonds. The zero-order chi connectivity index (χ0) is 14.4. The topological polar surface area (TPSA) is 29.0 Å². The Hall–Kier alpha value is -1.45. The van der Waals surface area contributed by atoms with Gasteiger partial charge in [0.25, 0.3) is 0 Å². The molecule has 2 aromatic rings. The first-order valence-corrected chi connectivity index (χ1v) is 7.45. The summed E-state index contributed by atoms with van der Waals surface area (Å²) < 4.78 is 0. The molecule has 0 fully saturated rings. The third-order valence-corrected chi connectivity index (χ3v) is 3.61. The molecular formula is C16H20ClN3. The molecular weight excluding hydrogens is 270 g/mol. The van der Waals surface area contributed by atoms with Crippen molar-refractivity contribution in [2.75, 3.05) is 6.54 Å². The van der Waals surface area contributed by atoms with Gasteiger partial charge in [0.1, 0.15) is 11.5 Å². The van der Waals surface area contributed by atoms with Gasteiger partial charge in [0.15, 0.2) is 0 Å². The van der Waals surface area contributed by atoms with Gasteiger partial charge in [0.05, 0.1) is 5.69 Å². The smallest absolute Gasteiger partial charge is 0.135 e. The van der Waals surface area contributed by atoms with Crippen LogP contribution in [0, 0.1) is 0 Å². The summed E-state index contributed by atoms with van der Waals surface area (Å²) in [7, 11) is 0. The standard InChI is InChI=1S/C14H14ClN3.C2H6/c15-14-12-6-7-18(9-13(12)16-10-17-14)8-11-4-2-1-3-5-11;1-2/h1-5,10H,6-9H2;1-2H3. The third kappa shape index (κ3) is 3.56. The molecule has 0 atom stereocenters. The number of benzene rings is 1. The van der Waals surface area contributed by atoms with E-state index in [2.05, 4.69) is 39.1 Å². The van der Waals surface area contributed by atoms with Crippen molar-refractivity contribution in [3.8, 4) is 0 Å². The second-order valence-electron chi connectivity index (χ2n) is 4.54. The number of rotatable bonds is 2. The van der Waals surface area contributed by atoms with Crippen molar-refractivity contribution in [3.05, 3.63) is 58.6 Å². The highest BCUT2D eigenvalue weighted by molar-refractivity contribution is 6.30. The van der Waals surface area contributed by atoms with Crippen LogP contribution < -0.4 is 0 Å². The van der Waals surface area contributed by atoms with Gasteiger partial charge in [-0.2, -0.15) is 0 Å². The molecule has 3 rings (SSSR count). The van der Waals surface area contributed by atoms with Gasteiger partial charge in [0.2, 0.25) is 0 Å². The van der Waals surface area contributed by atoms with Crippen LogP contribution in [-0.2, 0) is 19.5 Å². The van der Waals surface area contributed by atoms with Gasteiger partial charge in [-0.1, -0.05) is 55.8 Å². The van der Waals surface area contributed by atoms with E-state index >= 15 is 0 Å². The third-order valence-electron chi connectivity index (χ3n) is 3.28. The molecule has 1 aliphatic heterocycles. The van der Waals surface area contributed by atoms with E-state index in [0.29, 0.717) is 5.15 Å². The molecule has 2 heterocycles. The fourth-order valence-electron chi connectivity index (χ4n) is 2.35. The maximum atomic E-state index is 6.08. The Morgan fingerprint density at radius 1 is 1.15 bits per heavy atom. The molecule has 0 radical (unpaired) electrons. The van der Waals surface area contributed by atoms with Crippen LogP contribution in [0.3, 0.4) is 0 Å². The summed E-state index contributed by atoms with van der Waals surface area (Å²) in [6, 6.07) is 10.5. The fourth-order valence-corrected chi connectivity index (χ4v) is 2.59. The number of aromatic nitrogens is 2. The number of halogens is 1. The normalized spacial score (nSPS) is 14.2. The zero-order valence-corrected chi connectivity index (χ0v) is 12.8. The van der Waals surface area contributed by atoms with E-state index in [9.17, 15) is 0 Å². The minimum Gasteiger partial charge on any atom is -0.293 e. The number of hydrogen-bond acceptors (Lipinski definition) is 3. The van der Waals surface area contributed by atoms with Gasteiger partial charge in [0, 0.05) is 25.2 Å². The van der Waals surface area contributed by atoms with Crippen molar-refractivity contribution in [1.82, 2.24) is 14.9 Å². The minimum absolute atomic E-state index is 0.611. The summed E-state index contributed by atoms with van der Waals surface area (Å²) >= 11 is 6.08. The molecule has 0 N–H and O–H groups in total. The Morgan fingerprint density at radius 3 is 2.65 bits per heavy atom. The number of fused-ring (bicyclic) bond motifs is 1. The van der Waals surface area contributed by atoms with Gasteiger partial charge in [-0.25, -0.2) is 9.97 Å². The van der Waals surface area contributed by atoms with Crippen molar-refractivity contribution in [3.63, 3.8) is 0 Å². The van der Waals surface area contributed by atoms with E-state index in [1.165, 1.54) is 5.56 Å². The second-order valence-corrected chi connectivity index (χ2v) is 4.89. The van der Waals surface area contributed by atoms with E-state index in [-0.39, 0.29) is 0 Å². The lowest BCUT2D eigenvalue weighted by atomic mass is 10.1. The predicted octanol–water partition coefficient (Wildman–Crippen LogP) is 3.71. The summed E-state index contributed by atoms with van der Waals surface area (Å²) in [6.07, 6.45) is 2.48. The van der Waals surface area contributed by atoms with Crippen LogP contribution >= 0.6 is 11.6 Å². The van der Waals surface area contributed by atoms with E-state index in [1.54, 1.807) is 6.33 Å². The molecule has 0 saturated carbocycles. The molecule has 1 aromatic carbocycles. The maximum absolute atomic E-state index is 6.08. The lowest BCUT2D eigenvalue weighted by molar-refractivity contribution is 0.241. The Morgan fingerprint density at radius 2 is 1.90 bits per heavy atom. The van der Waals surface area contributed by atoms with Crippen molar-refractivity contribution < 1.29 is 0 Å². The van der Waals surface area contributed by atoms with Crippen LogP contribution in [0.1, 0.15) is 30.7 Å². The van der Waals surface area contributed by atoms with Gasteiger partial charge in [-0.15, -0.1) is 0 Å². The van der Waals surface area contributed by atoms with Gasteiger partial charge in [-0.05, 0) is 12.0 Å². The SMILES string of the molecule is CC.Clc1ncnc2c1CCN(Cc1ccccc1)C2. The molecule has 1 aliphatic rings. The molecule has 1 aromatic heterocycles. The summed E-state index contributed by atoms with van der Waals surface area (Å²) in [5, 5.41) is 0.611. The molecule has 4 heteroatoms. The molecule has 0 aliphatic carbocycles. The van der Waals surface area contributed by atoms with Crippen molar-refractivity contribution in [2.45, 2.75) is 33.4 Å². The molecule has 0 saturated heterocycles. The number of nitrogens with zero attached hydrogens (tertiary/aromatic N) is 3. The van der Waals surface area contributed by atoms with Crippen molar-refractivity contribution >= 4 is 11.6 Å². The largest absolute Gasteiger partial charge is 0.293 e. The highest BCUT2D eigenvalue weighted by Gasteiger charge is 2.19.